The summed E-state index contributed by atoms with van der Waals surface area (Å²) in [5.74, 6) is 2.44. The molecule has 0 aliphatic carbocycles. The summed E-state index contributed by atoms with van der Waals surface area (Å²) in [6, 6.07) is 7.01. The molecule has 0 fully saturated rings. The molecule has 20 heavy (non-hydrogen) atoms. The van der Waals surface area contributed by atoms with Crippen molar-refractivity contribution in [2.45, 2.75) is 25.9 Å². The van der Waals surface area contributed by atoms with Gasteiger partial charge in [-0.1, -0.05) is 0 Å². The molecular weight excluding hydrogens is 256 g/mol. The minimum Gasteiger partial charge on any atom is -0.497 e. The number of nitrogens with zero attached hydrogens (tertiary/aromatic N) is 3. The summed E-state index contributed by atoms with van der Waals surface area (Å²) in [4.78, 5) is 12.0. The van der Waals surface area contributed by atoms with Crippen LogP contribution in [-0.4, -0.2) is 27.8 Å². The Balaban J connectivity index is 1.63. The Kier molecular flexibility index (Phi) is 3.37. The van der Waals surface area contributed by atoms with Crippen LogP contribution in [-0.2, 0) is 19.5 Å². The SMILES string of the molecule is COc1ccc(C(=O)NCc2nnc3n2CCC3)cc1. The molecule has 0 radical (unpaired) electrons. The van der Waals surface area contributed by atoms with E-state index in [9.17, 15) is 4.79 Å². The van der Waals surface area contributed by atoms with E-state index in [1.54, 1.807) is 31.4 Å². The highest BCUT2D eigenvalue weighted by atomic mass is 16.5. The van der Waals surface area contributed by atoms with Gasteiger partial charge in [-0.2, -0.15) is 0 Å². The van der Waals surface area contributed by atoms with Gasteiger partial charge < -0.3 is 14.6 Å². The van der Waals surface area contributed by atoms with Gasteiger partial charge in [-0.15, -0.1) is 10.2 Å². The molecule has 0 saturated carbocycles. The number of ether oxygens (including phenoxy) is 1. The molecule has 1 amide bonds. The van der Waals surface area contributed by atoms with E-state index in [-0.39, 0.29) is 5.91 Å². The zero-order chi connectivity index (χ0) is 13.9. The van der Waals surface area contributed by atoms with E-state index in [4.69, 9.17) is 4.74 Å². The van der Waals surface area contributed by atoms with Gasteiger partial charge in [0.05, 0.1) is 13.7 Å². The second kappa shape index (κ2) is 5.32. The highest BCUT2D eigenvalue weighted by Crippen LogP contribution is 2.14. The summed E-state index contributed by atoms with van der Waals surface area (Å²) in [5, 5.41) is 11.1. The van der Waals surface area contributed by atoms with Crippen molar-refractivity contribution in [2.24, 2.45) is 0 Å². The molecule has 1 aromatic heterocycles. The third-order valence-corrected chi connectivity index (χ3v) is 3.45. The fourth-order valence-electron chi connectivity index (χ4n) is 2.35. The molecule has 104 valence electrons. The van der Waals surface area contributed by atoms with Crippen molar-refractivity contribution in [3.63, 3.8) is 0 Å². The number of methoxy groups -OCH3 is 1. The Bertz CT molecular complexity index is 619. The molecule has 0 unspecified atom stereocenters. The molecule has 2 aromatic rings. The highest BCUT2D eigenvalue weighted by molar-refractivity contribution is 5.94. The maximum Gasteiger partial charge on any atom is 0.251 e. The van der Waals surface area contributed by atoms with Gasteiger partial charge in [0.15, 0.2) is 5.82 Å². The van der Waals surface area contributed by atoms with E-state index in [2.05, 4.69) is 20.1 Å². The molecule has 6 nitrogen and oxygen atoms in total. The maximum atomic E-state index is 12.0. The number of hydrogen-bond acceptors (Lipinski definition) is 4. The molecule has 1 aliphatic heterocycles. The minimum atomic E-state index is -0.122. The molecule has 0 bridgehead atoms. The van der Waals surface area contributed by atoms with Crippen molar-refractivity contribution in [3.8, 4) is 5.75 Å². The summed E-state index contributed by atoms with van der Waals surface area (Å²) in [6.45, 7) is 1.34. The number of benzene rings is 1. The lowest BCUT2D eigenvalue weighted by Crippen LogP contribution is -2.24. The number of aryl methyl sites for hydroxylation is 1. The molecule has 6 heteroatoms. The number of amides is 1. The molecule has 0 saturated heterocycles. The average molecular weight is 272 g/mol. The molecule has 0 atom stereocenters. The Hall–Kier alpha value is -2.37. The zero-order valence-corrected chi connectivity index (χ0v) is 11.3. The van der Waals surface area contributed by atoms with Crippen LogP contribution in [0.4, 0.5) is 0 Å². The molecule has 2 heterocycles. The summed E-state index contributed by atoms with van der Waals surface area (Å²) < 4.78 is 7.14. The molecule has 0 spiro atoms. The minimum absolute atomic E-state index is 0.122. The van der Waals surface area contributed by atoms with Crippen LogP contribution in [0.1, 0.15) is 28.4 Å². The van der Waals surface area contributed by atoms with Crippen LogP contribution in [0.15, 0.2) is 24.3 Å². The van der Waals surface area contributed by atoms with Crippen LogP contribution in [0.25, 0.3) is 0 Å². The Morgan fingerprint density at radius 3 is 2.90 bits per heavy atom. The summed E-state index contributed by atoms with van der Waals surface area (Å²) in [5.41, 5.74) is 0.604. The first-order valence-corrected chi connectivity index (χ1v) is 6.61. The number of aromatic nitrogens is 3. The largest absolute Gasteiger partial charge is 0.497 e. The summed E-state index contributed by atoms with van der Waals surface area (Å²) in [7, 11) is 1.60. The smallest absolute Gasteiger partial charge is 0.251 e. The molecule has 3 rings (SSSR count). The van der Waals surface area contributed by atoms with Gasteiger partial charge in [-0.3, -0.25) is 4.79 Å². The fourth-order valence-corrected chi connectivity index (χ4v) is 2.35. The van der Waals surface area contributed by atoms with Crippen LogP contribution in [0.2, 0.25) is 0 Å². The van der Waals surface area contributed by atoms with Crippen LogP contribution >= 0.6 is 0 Å². The summed E-state index contributed by atoms with van der Waals surface area (Å²) >= 11 is 0. The second-order valence-corrected chi connectivity index (χ2v) is 4.70. The number of carbonyl (C=O) groups is 1. The van der Waals surface area contributed by atoms with Gasteiger partial charge in [0.1, 0.15) is 11.6 Å². The number of carbonyl (C=O) groups excluding carboxylic acids is 1. The third kappa shape index (κ3) is 2.36. The van der Waals surface area contributed by atoms with Crippen LogP contribution in [0.5, 0.6) is 5.75 Å². The predicted molar refractivity (Wildman–Crippen MR) is 72.5 cm³/mol. The number of fused-ring (bicyclic) bond motifs is 1. The van der Waals surface area contributed by atoms with E-state index >= 15 is 0 Å². The van der Waals surface area contributed by atoms with Gasteiger partial charge in [0.2, 0.25) is 0 Å². The van der Waals surface area contributed by atoms with Crippen molar-refractivity contribution >= 4 is 5.91 Å². The van der Waals surface area contributed by atoms with Crippen molar-refractivity contribution in [3.05, 3.63) is 41.5 Å². The quantitative estimate of drug-likeness (QED) is 0.907. The fraction of sp³-hybridized carbons (Fsp3) is 0.357. The lowest BCUT2D eigenvalue weighted by atomic mass is 10.2. The average Bonchev–Trinajstić information content (AvgIpc) is 3.08. The van der Waals surface area contributed by atoms with E-state index in [1.165, 1.54) is 0 Å². The Morgan fingerprint density at radius 2 is 2.15 bits per heavy atom. The first-order valence-electron chi connectivity index (χ1n) is 6.61. The van der Waals surface area contributed by atoms with E-state index in [0.717, 1.165) is 36.8 Å². The first kappa shape index (κ1) is 12.7. The lowest BCUT2D eigenvalue weighted by Gasteiger charge is -2.06. The highest BCUT2D eigenvalue weighted by Gasteiger charge is 2.17. The predicted octanol–water partition coefficient (Wildman–Crippen LogP) is 1.16. The van der Waals surface area contributed by atoms with E-state index in [1.807, 2.05) is 0 Å². The zero-order valence-electron chi connectivity index (χ0n) is 11.3. The van der Waals surface area contributed by atoms with Crippen LogP contribution in [0, 0.1) is 0 Å². The molecule has 1 N–H and O–H groups in total. The van der Waals surface area contributed by atoms with Gasteiger partial charge in [0, 0.05) is 18.5 Å². The lowest BCUT2D eigenvalue weighted by molar-refractivity contribution is 0.0949. The van der Waals surface area contributed by atoms with Crippen molar-refractivity contribution < 1.29 is 9.53 Å². The number of rotatable bonds is 4. The Morgan fingerprint density at radius 1 is 1.35 bits per heavy atom. The Labute approximate surface area is 116 Å². The maximum absolute atomic E-state index is 12.0. The second-order valence-electron chi connectivity index (χ2n) is 4.70. The topological polar surface area (TPSA) is 69.0 Å². The van der Waals surface area contributed by atoms with Crippen LogP contribution < -0.4 is 10.1 Å². The number of nitrogens with one attached hydrogen (secondary N) is 1. The van der Waals surface area contributed by atoms with Crippen LogP contribution in [0.3, 0.4) is 0 Å². The van der Waals surface area contributed by atoms with Gasteiger partial charge in [0.25, 0.3) is 5.91 Å². The monoisotopic (exact) mass is 272 g/mol. The van der Waals surface area contributed by atoms with E-state index < -0.39 is 0 Å². The first-order chi connectivity index (χ1) is 9.78. The third-order valence-electron chi connectivity index (χ3n) is 3.45. The van der Waals surface area contributed by atoms with Gasteiger partial charge >= 0.3 is 0 Å². The molecular formula is C14H16N4O2. The number of hydrogen-bond donors (Lipinski definition) is 1. The molecule has 1 aromatic carbocycles. The van der Waals surface area contributed by atoms with Gasteiger partial charge in [-0.05, 0) is 30.7 Å². The summed E-state index contributed by atoms with van der Waals surface area (Å²) in [6.07, 6.45) is 2.07. The molecule has 1 aliphatic rings. The van der Waals surface area contributed by atoms with E-state index in [0.29, 0.717) is 12.1 Å². The van der Waals surface area contributed by atoms with Gasteiger partial charge in [-0.25, -0.2) is 0 Å². The van der Waals surface area contributed by atoms with Crippen molar-refractivity contribution in [2.75, 3.05) is 7.11 Å². The normalized spacial score (nSPS) is 13.1. The van der Waals surface area contributed by atoms with Crippen molar-refractivity contribution in [1.82, 2.24) is 20.1 Å². The van der Waals surface area contributed by atoms with Crippen molar-refractivity contribution in [1.29, 1.82) is 0 Å². The standard InChI is InChI=1S/C14H16N4O2/c1-20-11-6-4-10(5-7-11)14(19)15-9-13-17-16-12-3-2-8-18(12)13/h4-7H,2-3,8-9H2,1H3,(H,15,19).